The van der Waals surface area contributed by atoms with Gasteiger partial charge in [-0.2, -0.15) is 10.4 Å². The number of nitrogens with one attached hydrogen (secondary N) is 1. The van der Waals surface area contributed by atoms with Gasteiger partial charge in [0, 0.05) is 13.2 Å². The van der Waals surface area contributed by atoms with Crippen LogP contribution in [0.3, 0.4) is 0 Å². The van der Waals surface area contributed by atoms with E-state index in [1.807, 2.05) is 6.07 Å². The Labute approximate surface area is 102 Å². The van der Waals surface area contributed by atoms with Crippen LogP contribution in [-0.4, -0.2) is 22.7 Å². The molecule has 0 atom stereocenters. The second kappa shape index (κ2) is 4.67. The van der Waals surface area contributed by atoms with Crippen molar-refractivity contribution in [2.75, 3.05) is 7.05 Å². The van der Waals surface area contributed by atoms with Crippen LogP contribution in [0, 0.1) is 17.1 Å². The summed E-state index contributed by atoms with van der Waals surface area (Å²) in [5, 5.41) is 15.2. The SMILES string of the molecule is CNC(=O)c1ccn(-c2cc(F)cc(C#N)c2)n1. The summed E-state index contributed by atoms with van der Waals surface area (Å²) < 4.78 is 14.6. The maximum atomic E-state index is 13.3. The molecule has 0 bridgehead atoms. The lowest BCUT2D eigenvalue weighted by molar-refractivity contribution is 0.0957. The third-order valence-electron chi connectivity index (χ3n) is 2.32. The van der Waals surface area contributed by atoms with Crippen molar-refractivity contribution in [2.45, 2.75) is 0 Å². The zero-order valence-corrected chi connectivity index (χ0v) is 9.51. The van der Waals surface area contributed by atoms with Crippen LogP contribution in [0.4, 0.5) is 4.39 Å². The lowest BCUT2D eigenvalue weighted by Crippen LogP contribution is -2.18. The molecular weight excluding hydrogens is 235 g/mol. The average molecular weight is 244 g/mol. The van der Waals surface area contributed by atoms with Gasteiger partial charge in [-0.25, -0.2) is 9.07 Å². The number of rotatable bonds is 2. The quantitative estimate of drug-likeness (QED) is 0.864. The van der Waals surface area contributed by atoms with E-state index in [1.165, 1.54) is 36.1 Å². The minimum absolute atomic E-state index is 0.196. The van der Waals surface area contributed by atoms with Crippen molar-refractivity contribution in [3.63, 3.8) is 0 Å². The topological polar surface area (TPSA) is 70.7 Å². The summed E-state index contributed by atoms with van der Waals surface area (Å²) in [5.74, 6) is -0.855. The van der Waals surface area contributed by atoms with E-state index in [0.29, 0.717) is 5.69 Å². The maximum Gasteiger partial charge on any atom is 0.271 e. The molecule has 0 radical (unpaired) electrons. The molecule has 6 heteroatoms. The first-order chi connectivity index (χ1) is 8.63. The first-order valence-corrected chi connectivity index (χ1v) is 5.13. The van der Waals surface area contributed by atoms with Crippen molar-refractivity contribution in [3.05, 3.63) is 47.5 Å². The smallest absolute Gasteiger partial charge is 0.271 e. The molecule has 1 amide bonds. The second-order valence-electron chi connectivity index (χ2n) is 3.53. The standard InChI is InChI=1S/C12H9FN4O/c1-15-12(18)11-2-3-17(16-11)10-5-8(7-14)4-9(13)6-10/h2-6H,1H3,(H,15,18). The number of hydrogen-bond acceptors (Lipinski definition) is 3. The van der Waals surface area contributed by atoms with Gasteiger partial charge in [0.25, 0.3) is 5.91 Å². The van der Waals surface area contributed by atoms with Crippen LogP contribution < -0.4 is 5.32 Å². The number of aromatic nitrogens is 2. The molecule has 0 aliphatic carbocycles. The first kappa shape index (κ1) is 11.8. The lowest BCUT2D eigenvalue weighted by Gasteiger charge is -2.02. The van der Waals surface area contributed by atoms with E-state index in [4.69, 9.17) is 5.26 Å². The number of nitriles is 1. The molecule has 1 N–H and O–H groups in total. The van der Waals surface area contributed by atoms with Gasteiger partial charge in [-0.15, -0.1) is 0 Å². The van der Waals surface area contributed by atoms with Crippen LogP contribution in [0.1, 0.15) is 16.1 Å². The summed E-state index contributed by atoms with van der Waals surface area (Å²) >= 11 is 0. The molecule has 0 aliphatic heterocycles. The molecule has 1 aromatic carbocycles. The molecule has 0 saturated heterocycles. The Morgan fingerprint density at radius 3 is 2.94 bits per heavy atom. The average Bonchev–Trinajstić information content (AvgIpc) is 2.86. The highest BCUT2D eigenvalue weighted by molar-refractivity contribution is 5.91. The molecule has 0 aliphatic rings. The van der Waals surface area contributed by atoms with Gasteiger partial charge >= 0.3 is 0 Å². The summed E-state index contributed by atoms with van der Waals surface area (Å²) in [4.78, 5) is 11.3. The highest BCUT2D eigenvalue weighted by atomic mass is 19.1. The monoisotopic (exact) mass is 244 g/mol. The van der Waals surface area contributed by atoms with Crippen LogP contribution in [0.15, 0.2) is 30.5 Å². The first-order valence-electron chi connectivity index (χ1n) is 5.13. The Morgan fingerprint density at radius 1 is 1.50 bits per heavy atom. The molecule has 18 heavy (non-hydrogen) atoms. The summed E-state index contributed by atoms with van der Waals surface area (Å²) in [7, 11) is 1.50. The van der Waals surface area contributed by atoms with E-state index < -0.39 is 5.82 Å². The van der Waals surface area contributed by atoms with E-state index in [0.717, 1.165) is 6.07 Å². The van der Waals surface area contributed by atoms with Gasteiger partial charge in [0.05, 0.1) is 17.3 Å². The van der Waals surface area contributed by atoms with Gasteiger partial charge in [-0.05, 0) is 24.3 Å². The van der Waals surface area contributed by atoms with Crippen molar-refractivity contribution in [3.8, 4) is 11.8 Å². The van der Waals surface area contributed by atoms with E-state index >= 15 is 0 Å². The van der Waals surface area contributed by atoms with Crippen molar-refractivity contribution in [1.82, 2.24) is 15.1 Å². The van der Waals surface area contributed by atoms with Gasteiger partial charge in [0.1, 0.15) is 5.82 Å². The fourth-order valence-corrected chi connectivity index (χ4v) is 1.49. The van der Waals surface area contributed by atoms with Crippen LogP contribution in [0.25, 0.3) is 5.69 Å². The molecule has 1 aromatic heterocycles. The Bertz CT molecular complexity index is 642. The van der Waals surface area contributed by atoms with E-state index in [2.05, 4.69) is 10.4 Å². The van der Waals surface area contributed by atoms with Gasteiger partial charge < -0.3 is 5.32 Å². The molecule has 0 unspecified atom stereocenters. The zero-order chi connectivity index (χ0) is 13.1. The van der Waals surface area contributed by atoms with Crippen LogP contribution in [0.2, 0.25) is 0 Å². The van der Waals surface area contributed by atoms with E-state index in [1.54, 1.807) is 0 Å². The van der Waals surface area contributed by atoms with Gasteiger partial charge in [0.15, 0.2) is 5.69 Å². The fourth-order valence-electron chi connectivity index (χ4n) is 1.49. The third-order valence-corrected chi connectivity index (χ3v) is 2.32. The minimum atomic E-state index is -0.527. The highest BCUT2D eigenvalue weighted by Crippen LogP contribution is 2.13. The third kappa shape index (κ3) is 2.20. The number of benzene rings is 1. The number of halogens is 1. The second-order valence-corrected chi connectivity index (χ2v) is 3.53. The number of carbonyl (C=O) groups is 1. The Balaban J connectivity index is 2.43. The Kier molecular flexibility index (Phi) is 3.06. The largest absolute Gasteiger partial charge is 0.354 e. The van der Waals surface area contributed by atoms with Gasteiger partial charge in [-0.1, -0.05) is 0 Å². The van der Waals surface area contributed by atoms with E-state index in [9.17, 15) is 9.18 Å². The summed E-state index contributed by atoms with van der Waals surface area (Å²) in [5.41, 5.74) is 0.809. The minimum Gasteiger partial charge on any atom is -0.354 e. The van der Waals surface area contributed by atoms with Gasteiger partial charge in [0.2, 0.25) is 0 Å². The number of amides is 1. The van der Waals surface area contributed by atoms with Crippen molar-refractivity contribution >= 4 is 5.91 Å². The Morgan fingerprint density at radius 2 is 2.28 bits per heavy atom. The summed E-state index contributed by atoms with van der Waals surface area (Å²) in [6.07, 6.45) is 1.53. The molecule has 0 spiro atoms. The van der Waals surface area contributed by atoms with Crippen molar-refractivity contribution in [2.24, 2.45) is 0 Å². The number of nitrogens with zero attached hydrogens (tertiary/aromatic N) is 3. The van der Waals surface area contributed by atoms with Crippen LogP contribution in [-0.2, 0) is 0 Å². The maximum absolute atomic E-state index is 13.3. The molecule has 1 heterocycles. The van der Waals surface area contributed by atoms with Crippen molar-refractivity contribution in [1.29, 1.82) is 5.26 Å². The fraction of sp³-hybridized carbons (Fsp3) is 0.0833. The molecular formula is C12H9FN4O. The van der Waals surface area contributed by atoms with Crippen LogP contribution >= 0.6 is 0 Å². The molecule has 0 fully saturated rings. The summed E-state index contributed by atoms with van der Waals surface area (Å²) in [6.45, 7) is 0. The molecule has 5 nitrogen and oxygen atoms in total. The zero-order valence-electron chi connectivity index (χ0n) is 9.51. The summed E-state index contributed by atoms with van der Waals surface area (Å²) in [6, 6.07) is 7.23. The number of carbonyl (C=O) groups excluding carboxylic acids is 1. The van der Waals surface area contributed by atoms with Crippen LogP contribution in [0.5, 0.6) is 0 Å². The normalized spacial score (nSPS) is 9.83. The van der Waals surface area contributed by atoms with E-state index in [-0.39, 0.29) is 17.2 Å². The lowest BCUT2D eigenvalue weighted by atomic mass is 10.2. The van der Waals surface area contributed by atoms with Crippen molar-refractivity contribution < 1.29 is 9.18 Å². The predicted molar refractivity (Wildman–Crippen MR) is 61.6 cm³/mol. The number of hydrogen-bond donors (Lipinski definition) is 1. The molecule has 2 rings (SSSR count). The van der Waals surface area contributed by atoms with Gasteiger partial charge in [-0.3, -0.25) is 4.79 Å². The predicted octanol–water partition coefficient (Wildman–Crippen LogP) is 1.24. The molecule has 2 aromatic rings. The molecule has 0 saturated carbocycles. The Hall–Kier alpha value is -2.68. The molecule has 90 valence electrons. The highest BCUT2D eigenvalue weighted by Gasteiger charge is 2.09.